The fourth-order valence-corrected chi connectivity index (χ4v) is 2.12. The molecule has 0 atom stereocenters. The van der Waals surface area contributed by atoms with Crippen molar-refractivity contribution < 1.29 is 19.4 Å². The quantitative estimate of drug-likeness (QED) is 0.661. The van der Waals surface area contributed by atoms with E-state index < -0.39 is 5.97 Å². The highest BCUT2D eigenvalue weighted by atomic mass is 16.7. The third-order valence-corrected chi connectivity index (χ3v) is 3.27. The first kappa shape index (κ1) is 14.5. The molecule has 0 radical (unpaired) electrons. The van der Waals surface area contributed by atoms with E-state index in [4.69, 9.17) is 9.47 Å². The Labute approximate surface area is 108 Å². The van der Waals surface area contributed by atoms with Crippen LogP contribution in [0.2, 0.25) is 0 Å². The molecule has 1 N–H and O–H groups in total. The molecule has 0 aromatic heterocycles. The molecule has 1 aromatic rings. The Morgan fingerprint density at radius 1 is 1.17 bits per heavy atom. The molecule has 1 rings (SSSR count). The number of hydrogen-bond acceptors (Lipinski definition) is 4. The standard InChI is InChI=1S/C14H20O4/c1-6-11-10(4)12(14(16)18-7-17-5)8(2)9(3)13(11)15/h15H,6-7H2,1-5H3. The number of ether oxygens (including phenoxy) is 2. The molecule has 0 aliphatic rings. The van der Waals surface area contributed by atoms with Crippen molar-refractivity contribution in [1.82, 2.24) is 0 Å². The summed E-state index contributed by atoms with van der Waals surface area (Å²) in [5, 5.41) is 10.1. The molecule has 100 valence electrons. The van der Waals surface area contributed by atoms with Gasteiger partial charge in [0.1, 0.15) is 5.75 Å². The summed E-state index contributed by atoms with van der Waals surface area (Å²) >= 11 is 0. The van der Waals surface area contributed by atoms with Gasteiger partial charge < -0.3 is 14.6 Å². The van der Waals surface area contributed by atoms with E-state index in [1.807, 2.05) is 20.8 Å². The van der Waals surface area contributed by atoms with E-state index in [0.717, 1.165) is 22.3 Å². The predicted octanol–water partition coefficient (Wildman–Crippen LogP) is 2.64. The highest BCUT2D eigenvalue weighted by molar-refractivity contribution is 5.94. The summed E-state index contributed by atoms with van der Waals surface area (Å²) < 4.78 is 9.72. The van der Waals surface area contributed by atoms with E-state index in [9.17, 15) is 9.90 Å². The average Bonchev–Trinajstić information content (AvgIpc) is 2.34. The third-order valence-electron chi connectivity index (χ3n) is 3.27. The number of esters is 1. The van der Waals surface area contributed by atoms with E-state index in [2.05, 4.69) is 0 Å². The molecule has 18 heavy (non-hydrogen) atoms. The van der Waals surface area contributed by atoms with Crippen molar-refractivity contribution in [3.05, 3.63) is 27.8 Å². The lowest BCUT2D eigenvalue weighted by Gasteiger charge is -2.17. The molecule has 0 heterocycles. The summed E-state index contributed by atoms with van der Waals surface area (Å²) in [6, 6.07) is 0. The van der Waals surface area contributed by atoms with Gasteiger partial charge in [0.15, 0.2) is 6.79 Å². The van der Waals surface area contributed by atoms with Crippen molar-refractivity contribution in [1.29, 1.82) is 0 Å². The zero-order chi connectivity index (χ0) is 13.9. The van der Waals surface area contributed by atoms with Gasteiger partial charge in [-0.1, -0.05) is 6.92 Å². The van der Waals surface area contributed by atoms with Crippen LogP contribution in [-0.4, -0.2) is 25.0 Å². The lowest BCUT2D eigenvalue weighted by atomic mass is 9.91. The van der Waals surface area contributed by atoms with Crippen LogP contribution in [0.15, 0.2) is 0 Å². The van der Waals surface area contributed by atoms with Crippen LogP contribution in [0.1, 0.15) is 39.5 Å². The molecular formula is C14H20O4. The lowest BCUT2D eigenvalue weighted by Crippen LogP contribution is -2.13. The number of phenols is 1. The van der Waals surface area contributed by atoms with Crippen LogP contribution in [0.3, 0.4) is 0 Å². The van der Waals surface area contributed by atoms with Crippen molar-refractivity contribution in [2.24, 2.45) is 0 Å². The first-order chi connectivity index (χ1) is 8.45. The molecule has 0 saturated heterocycles. The molecule has 0 unspecified atom stereocenters. The Morgan fingerprint density at radius 2 is 1.78 bits per heavy atom. The minimum absolute atomic E-state index is 0.0703. The maximum absolute atomic E-state index is 12.0. The van der Waals surface area contributed by atoms with Crippen LogP contribution in [-0.2, 0) is 15.9 Å². The maximum atomic E-state index is 12.0. The van der Waals surface area contributed by atoms with E-state index >= 15 is 0 Å². The van der Waals surface area contributed by atoms with Crippen LogP contribution in [0.25, 0.3) is 0 Å². The topological polar surface area (TPSA) is 55.8 Å². The zero-order valence-electron chi connectivity index (χ0n) is 11.6. The van der Waals surface area contributed by atoms with Crippen molar-refractivity contribution in [2.75, 3.05) is 13.9 Å². The second-order valence-electron chi connectivity index (χ2n) is 4.27. The molecule has 0 aliphatic heterocycles. The van der Waals surface area contributed by atoms with Gasteiger partial charge in [-0.25, -0.2) is 4.79 Å². The number of carbonyl (C=O) groups is 1. The molecule has 1 aromatic carbocycles. The monoisotopic (exact) mass is 252 g/mol. The maximum Gasteiger partial charge on any atom is 0.340 e. The summed E-state index contributed by atoms with van der Waals surface area (Å²) in [6.07, 6.45) is 0.670. The summed E-state index contributed by atoms with van der Waals surface area (Å²) in [7, 11) is 1.46. The SMILES string of the molecule is CCc1c(C)c(C(=O)OCOC)c(C)c(C)c1O. The van der Waals surface area contributed by atoms with Crippen LogP contribution in [0, 0.1) is 20.8 Å². The molecule has 4 heteroatoms. The molecule has 0 fully saturated rings. The van der Waals surface area contributed by atoms with E-state index in [0.29, 0.717) is 12.0 Å². The Morgan fingerprint density at radius 3 is 2.28 bits per heavy atom. The minimum Gasteiger partial charge on any atom is -0.507 e. The summed E-state index contributed by atoms with van der Waals surface area (Å²) in [6.45, 7) is 7.32. The highest BCUT2D eigenvalue weighted by Crippen LogP contribution is 2.32. The van der Waals surface area contributed by atoms with Gasteiger partial charge in [0.2, 0.25) is 0 Å². The second-order valence-corrected chi connectivity index (χ2v) is 4.27. The van der Waals surface area contributed by atoms with Gasteiger partial charge >= 0.3 is 5.97 Å². The summed E-state index contributed by atoms with van der Waals surface area (Å²) in [4.78, 5) is 12.0. The molecule has 4 nitrogen and oxygen atoms in total. The molecule has 0 saturated carbocycles. The van der Waals surface area contributed by atoms with Crippen LogP contribution in [0.4, 0.5) is 0 Å². The van der Waals surface area contributed by atoms with Gasteiger partial charge in [-0.3, -0.25) is 0 Å². The number of benzene rings is 1. The number of phenolic OH excluding ortho intramolecular Hbond substituents is 1. The minimum atomic E-state index is -0.412. The Bertz CT molecular complexity index is 464. The smallest absolute Gasteiger partial charge is 0.340 e. The fraction of sp³-hybridized carbons (Fsp3) is 0.500. The van der Waals surface area contributed by atoms with Crippen molar-refractivity contribution in [3.8, 4) is 5.75 Å². The molecule has 0 aliphatic carbocycles. The van der Waals surface area contributed by atoms with E-state index in [1.54, 1.807) is 6.92 Å². The largest absolute Gasteiger partial charge is 0.507 e. The number of carbonyl (C=O) groups excluding carboxylic acids is 1. The number of rotatable bonds is 4. The molecule has 0 amide bonds. The molecule has 0 bridgehead atoms. The van der Waals surface area contributed by atoms with Gasteiger partial charge in [0.05, 0.1) is 5.56 Å². The fourth-order valence-electron chi connectivity index (χ4n) is 2.12. The van der Waals surface area contributed by atoms with Gasteiger partial charge in [0, 0.05) is 7.11 Å². The highest BCUT2D eigenvalue weighted by Gasteiger charge is 2.21. The lowest BCUT2D eigenvalue weighted by molar-refractivity contribution is -0.0126. The first-order valence-corrected chi connectivity index (χ1v) is 5.93. The predicted molar refractivity (Wildman–Crippen MR) is 69.0 cm³/mol. The summed E-state index contributed by atoms with van der Waals surface area (Å²) in [5.41, 5.74) is 3.57. The number of aromatic hydroxyl groups is 1. The van der Waals surface area contributed by atoms with E-state index in [-0.39, 0.29) is 12.5 Å². The number of methoxy groups -OCH3 is 1. The van der Waals surface area contributed by atoms with Crippen LogP contribution >= 0.6 is 0 Å². The Hall–Kier alpha value is -1.55. The number of hydrogen-bond donors (Lipinski definition) is 1. The summed E-state index contributed by atoms with van der Waals surface area (Å²) in [5.74, 6) is -0.138. The van der Waals surface area contributed by atoms with Crippen LogP contribution < -0.4 is 0 Å². The second kappa shape index (κ2) is 5.87. The normalized spacial score (nSPS) is 10.5. The van der Waals surface area contributed by atoms with Crippen LogP contribution in [0.5, 0.6) is 5.75 Å². The zero-order valence-corrected chi connectivity index (χ0v) is 11.6. The average molecular weight is 252 g/mol. The van der Waals surface area contributed by atoms with Gasteiger partial charge in [-0.05, 0) is 49.4 Å². The van der Waals surface area contributed by atoms with Gasteiger partial charge in [0.25, 0.3) is 0 Å². The third kappa shape index (κ3) is 2.48. The van der Waals surface area contributed by atoms with Crippen molar-refractivity contribution in [3.63, 3.8) is 0 Å². The molecular weight excluding hydrogens is 232 g/mol. The van der Waals surface area contributed by atoms with Crippen molar-refractivity contribution >= 4 is 5.97 Å². The first-order valence-electron chi connectivity index (χ1n) is 5.93. The van der Waals surface area contributed by atoms with E-state index in [1.165, 1.54) is 7.11 Å². The van der Waals surface area contributed by atoms with Crippen molar-refractivity contribution in [2.45, 2.75) is 34.1 Å². The molecule has 0 spiro atoms. The van der Waals surface area contributed by atoms with Gasteiger partial charge in [-0.15, -0.1) is 0 Å². The van der Waals surface area contributed by atoms with Gasteiger partial charge in [-0.2, -0.15) is 0 Å². The Kier molecular flexibility index (Phi) is 4.73. The Balaban J connectivity index is 3.35.